The second-order valence-electron chi connectivity index (χ2n) is 3.37. The Kier molecular flexibility index (Phi) is 5.37. The summed E-state index contributed by atoms with van der Waals surface area (Å²) in [4.78, 5) is 21.8. The van der Waals surface area contributed by atoms with Crippen molar-refractivity contribution in [2.45, 2.75) is 27.2 Å². The van der Waals surface area contributed by atoms with Crippen LogP contribution in [0.4, 0.5) is 4.79 Å². The van der Waals surface area contributed by atoms with Crippen LogP contribution < -0.4 is 5.32 Å². The lowest BCUT2D eigenvalue weighted by Crippen LogP contribution is -2.32. The Labute approximate surface area is 88.8 Å². The average molecular weight is 221 g/mol. The molecule has 0 saturated heterocycles. The van der Waals surface area contributed by atoms with E-state index in [0.29, 0.717) is 6.42 Å². The Balaban J connectivity index is 3.80. The maximum absolute atomic E-state index is 11.3. The van der Waals surface area contributed by atoms with E-state index in [1.54, 1.807) is 13.8 Å². The molecule has 0 aromatic carbocycles. The van der Waals surface area contributed by atoms with Crippen molar-refractivity contribution in [3.05, 3.63) is 0 Å². The largest absolute Gasteiger partial charge is 0.444 e. The lowest BCUT2D eigenvalue weighted by atomic mass is 9.91. The molecule has 0 fully saturated rings. The van der Waals surface area contributed by atoms with Crippen molar-refractivity contribution in [1.29, 1.82) is 0 Å². The van der Waals surface area contributed by atoms with E-state index in [1.165, 1.54) is 0 Å². The van der Waals surface area contributed by atoms with Gasteiger partial charge in [-0.05, 0) is 20.3 Å². The molecule has 0 atom stereocenters. The second kappa shape index (κ2) is 5.74. The molecule has 0 saturated carbocycles. The molecule has 1 N–H and O–H groups in total. The van der Waals surface area contributed by atoms with Crippen LogP contribution in [-0.4, -0.2) is 18.8 Å². The summed E-state index contributed by atoms with van der Waals surface area (Å²) in [6.07, 6.45) is -0.0847. The monoisotopic (exact) mass is 221 g/mol. The molecule has 0 unspecified atom stereocenters. The maximum atomic E-state index is 11.3. The van der Waals surface area contributed by atoms with Crippen LogP contribution in [0.25, 0.3) is 0 Å². The SMILES string of the molecule is CCC(C)(C)C(=O)OCNC(=O)OS. The number of carbonyl (C=O) groups is 2. The Hall–Kier alpha value is -0.910. The quantitative estimate of drug-likeness (QED) is 0.327. The molecule has 0 aliphatic carbocycles. The van der Waals surface area contributed by atoms with Gasteiger partial charge in [-0.2, -0.15) is 0 Å². The van der Waals surface area contributed by atoms with Gasteiger partial charge in [0, 0.05) is 12.9 Å². The molecule has 0 aromatic heterocycles. The molecule has 6 heteroatoms. The van der Waals surface area contributed by atoms with Gasteiger partial charge in [-0.1, -0.05) is 6.92 Å². The highest BCUT2D eigenvalue weighted by Gasteiger charge is 2.26. The van der Waals surface area contributed by atoms with Crippen LogP contribution in [0.5, 0.6) is 0 Å². The molecule has 0 heterocycles. The highest BCUT2D eigenvalue weighted by molar-refractivity contribution is 7.75. The average Bonchev–Trinajstić information content (AvgIpc) is 2.17. The van der Waals surface area contributed by atoms with E-state index in [2.05, 4.69) is 22.4 Å². The first-order valence-electron chi connectivity index (χ1n) is 4.20. The number of ether oxygens (including phenoxy) is 1. The number of esters is 1. The van der Waals surface area contributed by atoms with Crippen molar-refractivity contribution < 1.29 is 18.5 Å². The molecular weight excluding hydrogens is 206 g/mol. The van der Waals surface area contributed by atoms with Gasteiger partial charge in [-0.25, -0.2) is 4.79 Å². The normalized spacial score (nSPS) is 10.6. The summed E-state index contributed by atoms with van der Waals surface area (Å²) in [7, 11) is 0. The first-order chi connectivity index (χ1) is 6.44. The zero-order chi connectivity index (χ0) is 11.2. The molecule has 0 spiro atoms. The predicted molar refractivity (Wildman–Crippen MR) is 53.6 cm³/mol. The van der Waals surface area contributed by atoms with Gasteiger partial charge in [0.1, 0.15) is 0 Å². The summed E-state index contributed by atoms with van der Waals surface area (Å²) < 4.78 is 8.78. The molecule has 1 amide bonds. The van der Waals surface area contributed by atoms with Gasteiger partial charge < -0.3 is 8.92 Å². The number of amides is 1. The molecule has 0 radical (unpaired) electrons. The van der Waals surface area contributed by atoms with Gasteiger partial charge >= 0.3 is 12.1 Å². The maximum Gasteiger partial charge on any atom is 0.421 e. The molecule has 0 bridgehead atoms. The van der Waals surface area contributed by atoms with Crippen molar-refractivity contribution in [3.63, 3.8) is 0 Å². The van der Waals surface area contributed by atoms with Crippen LogP contribution in [0.1, 0.15) is 27.2 Å². The van der Waals surface area contributed by atoms with E-state index in [0.717, 1.165) is 0 Å². The minimum Gasteiger partial charge on any atom is -0.444 e. The lowest BCUT2D eigenvalue weighted by molar-refractivity contribution is -0.154. The number of nitrogens with one attached hydrogen (secondary N) is 1. The van der Waals surface area contributed by atoms with Crippen molar-refractivity contribution in [3.8, 4) is 0 Å². The van der Waals surface area contributed by atoms with Crippen molar-refractivity contribution >= 4 is 25.0 Å². The van der Waals surface area contributed by atoms with Gasteiger partial charge in [-0.3, -0.25) is 10.1 Å². The topological polar surface area (TPSA) is 64.6 Å². The van der Waals surface area contributed by atoms with Crippen LogP contribution in [-0.2, 0) is 13.7 Å². The van der Waals surface area contributed by atoms with Crippen molar-refractivity contribution in [2.24, 2.45) is 5.41 Å². The molecule has 0 aliphatic rings. The molecule has 0 aromatic rings. The van der Waals surface area contributed by atoms with E-state index in [-0.39, 0.29) is 12.7 Å². The van der Waals surface area contributed by atoms with Gasteiger partial charge in [-0.15, -0.1) is 0 Å². The zero-order valence-electron chi connectivity index (χ0n) is 8.49. The minimum absolute atomic E-state index is 0.207. The van der Waals surface area contributed by atoms with Gasteiger partial charge in [0.15, 0.2) is 6.73 Å². The van der Waals surface area contributed by atoms with Crippen LogP contribution in [0, 0.1) is 5.41 Å². The Morgan fingerprint density at radius 2 is 2.00 bits per heavy atom. The fourth-order valence-electron chi connectivity index (χ4n) is 0.533. The standard InChI is InChI=1S/C8H15NO4S/c1-4-8(2,3)6(10)12-5-9-7(11)13-14/h14H,4-5H2,1-3H3,(H,9,11). The van der Waals surface area contributed by atoms with Crippen LogP contribution in [0.2, 0.25) is 0 Å². The van der Waals surface area contributed by atoms with Crippen molar-refractivity contribution in [1.82, 2.24) is 5.32 Å². The van der Waals surface area contributed by atoms with Crippen LogP contribution >= 0.6 is 12.9 Å². The number of rotatable bonds is 4. The summed E-state index contributed by atoms with van der Waals surface area (Å²) in [5, 5.41) is 2.18. The van der Waals surface area contributed by atoms with Crippen molar-refractivity contribution in [2.75, 3.05) is 6.73 Å². The van der Waals surface area contributed by atoms with Gasteiger partial charge in [0.05, 0.1) is 5.41 Å². The van der Waals surface area contributed by atoms with E-state index in [1.807, 2.05) is 6.92 Å². The number of hydrogen-bond donors (Lipinski definition) is 2. The van der Waals surface area contributed by atoms with E-state index in [9.17, 15) is 9.59 Å². The number of hydrogen-bond acceptors (Lipinski definition) is 5. The molecule has 82 valence electrons. The highest BCUT2D eigenvalue weighted by Crippen LogP contribution is 2.20. The third-order valence-electron chi connectivity index (χ3n) is 1.94. The Morgan fingerprint density at radius 3 is 2.43 bits per heavy atom. The molecule has 0 aliphatic heterocycles. The predicted octanol–water partition coefficient (Wildman–Crippen LogP) is 1.49. The summed E-state index contributed by atoms with van der Waals surface area (Å²) in [5.74, 6) is -0.362. The van der Waals surface area contributed by atoms with E-state index in [4.69, 9.17) is 4.74 Å². The van der Waals surface area contributed by atoms with Crippen LogP contribution in [0.15, 0.2) is 0 Å². The smallest absolute Gasteiger partial charge is 0.421 e. The molecular formula is C8H15NO4S. The summed E-state index contributed by atoms with van der Waals surface area (Å²) in [6, 6.07) is 0. The fraction of sp³-hybridized carbons (Fsp3) is 0.750. The van der Waals surface area contributed by atoms with Crippen LogP contribution in [0.3, 0.4) is 0 Å². The summed E-state index contributed by atoms with van der Waals surface area (Å²) in [6.45, 7) is 5.22. The van der Waals surface area contributed by atoms with E-state index < -0.39 is 11.5 Å². The fourth-order valence-corrected chi connectivity index (χ4v) is 0.597. The van der Waals surface area contributed by atoms with Gasteiger partial charge in [0.25, 0.3) is 0 Å². The Bertz CT molecular complexity index is 217. The third kappa shape index (κ3) is 4.36. The molecule has 0 rings (SSSR count). The molecule has 5 nitrogen and oxygen atoms in total. The first-order valence-corrected chi connectivity index (χ1v) is 4.57. The number of thiol groups is 1. The third-order valence-corrected chi connectivity index (χ3v) is 2.10. The Morgan fingerprint density at radius 1 is 1.43 bits per heavy atom. The van der Waals surface area contributed by atoms with E-state index >= 15 is 0 Å². The zero-order valence-corrected chi connectivity index (χ0v) is 9.39. The second-order valence-corrected chi connectivity index (χ2v) is 3.55. The first kappa shape index (κ1) is 13.1. The van der Waals surface area contributed by atoms with Gasteiger partial charge in [0.2, 0.25) is 0 Å². The summed E-state index contributed by atoms with van der Waals surface area (Å²) >= 11 is 3.26. The number of carbonyl (C=O) groups excluding carboxylic acids is 2. The highest BCUT2D eigenvalue weighted by atomic mass is 32.1. The summed E-state index contributed by atoms with van der Waals surface area (Å²) in [5.41, 5.74) is -0.535. The minimum atomic E-state index is -0.754. The lowest BCUT2D eigenvalue weighted by Gasteiger charge is -2.19. The molecule has 14 heavy (non-hydrogen) atoms.